The zero-order valence-electron chi connectivity index (χ0n) is 12.4. The number of hydrogen-bond donors (Lipinski definition) is 0. The molecule has 0 aliphatic carbocycles. The highest BCUT2D eigenvalue weighted by molar-refractivity contribution is 5.96. The van der Waals surface area contributed by atoms with Crippen LogP contribution >= 0.6 is 0 Å². The molecule has 22 heavy (non-hydrogen) atoms. The summed E-state index contributed by atoms with van der Waals surface area (Å²) >= 11 is 0. The van der Waals surface area contributed by atoms with Crippen LogP contribution in [0, 0.1) is 6.92 Å². The Kier molecular flexibility index (Phi) is 2.57. The Bertz CT molecular complexity index is 1020. The largest absolute Gasteiger partial charge is 0.302 e. The first-order chi connectivity index (χ1) is 10.6. The zero-order chi connectivity index (χ0) is 15.4. The van der Waals surface area contributed by atoms with Gasteiger partial charge in [0, 0.05) is 22.1 Å². The van der Waals surface area contributed by atoms with Gasteiger partial charge in [-0.1, -0.05) is 18.2 Å². The number of hydrogen-bond acceptors (Lipinski definition) is 3. The molecule has 0 saturated carbocycles. The van der Waals surface area contributed by atoms with Gasteiger partial charge in [0.25, 0.3) is 5.56 Å². The molecule has 0 spiro atoms. The summed E-state index contributed by atoms with van der Waals surface area (Å²) in [6, 6.07) is 11.8. The second kappa shape index (κ2) is 4.37. The average molecular weight is 290 g/mol. The maximum Gasteiger partial charge on any atom is 0.255 e. The van der Waals surface area contributed by atoms with Crippen LogP contribution in [0.2, 0.25) is 0 Å². The van der Waals surface area contributed by atoms with Gasteiger partial charge in [-0.15, -0.1) is 0 Å². The van der Waals surface area contributed by atoms with Crippen LogP contribution in [-0.4, -0.2) is 15.3 Å². The molecule has 4 heteroatoms. The Morgan fingerprint density at radius 2 is 2.00 bits per heavy atom. The second-order valence-corrected chi connectivity index (χ2v) is 5.70. The van der Waals surface area contributed by atoms with Crippen molar-refractivity contribution >= 4 is 16.7 Å². The fourth-order valence-electron chi connectivity index (χ4n) is 3.14. The van der Waals surface area contributed by atoms with Crippen molar-refractivity contribution in [3.8, 4) is 11.4 Å². The monoisotopic (exact) mass is 290 g/mol. The topological polar surface area (TPSA) is 52.0 Å². The van der Waals surface area contributed by atoms with Gasteiger partial charge in [0.15, 0.2) is 5.78 Å². The molecule has 0 fully saturated rings. The van der Waals surface area contributed by atoms with Crippen LogP contribution in [0.1, 0.15) is 28.4 Å². The van der Waals surface area contributed by atoms with E-state index >= 15 is 0 Å². The van der Waals surface area contributed by atoms with Crippen molar-refractivity contribution in [3.05, 3.63) is 63.4 Å². The van der Waals surface area contributed by atoms with Gasteiger partial charge < -0.3 is 4.57 Å². The highest BCUT2D eigenvalue weighted by Crippen LogP contribution is 2.32. The normalized spacial score (nSPS) is 12.3. The van der Waals surface area contributed by atoms with Crippen molar-refractivity contribution in [3.63, 3.8) is 0 Å². The summed E-state index contributed by atoms with van der Waals surface area (Å²) < 4.78 is 1.71. The number of carbonyl (C=O) groups is 1. The number of benzene rings is 1. The van der Waals surface area contributed by atoms with E-state index in [9.17, 15) is 9.59 Å². The van der Waals surface area contributed by atoms with Crippen molar-refractivity contribution in [2.75, 3.05) is 0 Å². The van der Waals surface area contributed by atoms with Crippen molar-refractivity contribution in [1.82, 2.24) is 9.55 Å². The number of aromatic nitrogens is 2. The molecule has 0 amide bonds. The number of rotatable bonds is 1. The predicted octanol–water partition coefficient (Wildman–Crippen LogP) is 2.94. The van der Waals surface area contributed by atoms with Crippen LogP contribution in [0.25, 0.3) is 22.3 Å². The van der Waals surface area contributed by atoms with Crippen molar-refractivity contribution < 1.29 is 4.79 Å². The maximum absolute atomic E-state index is 12.5. The number of ketones is 1. The highest BCUT2D eigenvalue weighted by atomic mass is 16.1. The first-order valence-electron chi connectivity index (χ1n) is 7.20. The molecule has 1 aliphatic heterocycles. The Morgan fingerprint density at radius 1 is 1.23 bits per heavy atom. The van der Waals surface area contributed by atoms with Gasteiger partial charge in [-0.3, -0.25) is 9.59 Å². The van der Waals surface area contributed by atoms with E-state index in [0.29, 0.717) is 17.7 Å². The lowest BCUT2D eigenvalue weighted by atomic mass is 10.0. The first-order valence-corrected chi connectivity index (χ1v) is 7.20. The molecule has 4 rings (SSSR count). The fraction of sp³-hybridized carbons (Fsp3) is 0.167. The minimum atomic E-state index is -0.107. The average Bonchev–Trinajstić information content (AvgIpc) is 2.86. The second-order valence-electron chi connectivity index (χ2n) is 5.70. The Morgan fingerprint density at radius 3 is 2.77 bits per heavy atom. The van der Waals surface area contributed by atoms with E-state index in [4.69, 9.17) is 4.98 Å². The molecule has 0 N–H and O–H groups in total. The number of nitrogens with zero attached hydrogens (tertiary/aromatic N) is 2. The van der Waals surface area contributed by atoms with Crippen molar-refractivity contribution in [1.29, 1.82) is 0 Å². The van der Waals surface area contributed by atoms with Gasteiger partial charge in [0.05, 0.1) is 23.4 Å². The quantitative estimate of drug-likeness (QED) is 0.506. The van der Waals surface area contributed by atoms with E-state index in [1.165, 1.54) is 6.92 Å². The summed E-state index contributed by atoms with van der Waals surface area (Å²) in [6.07, 6.45) is 0. The summed E-state index contributed by atoms with van der Waals surface area (Å²) in [5, 5.41) is 1.06. The SMILES string of the molecule is CC(=O)c1cc2n(c(=O)c1C)Cc1cc3ccccc3nc1-2. The fourth-order valence-corrected chi connectivity index (χ4v) is 3.14. The predicted molar refractivity (Wildman–Crippen MR) is 85.3 cm³/mol. The molecule has 2 aromatic heterocycles. The Labute approximate surface area is 127 Å². The molecule has 3 aromatic rings. The zero-order valence-corrected chi connectivity index (χ0v) is 12.4. The van der Waals surface area contributed by atoms with Gasteiger partial charge in [-0.2, -0.15) is 0 Å². The summed E-state index contributed by atoms with van der Waals surface area (Å²) in [5.74, 6) is -0.0905. The smallest absolute Gasteiger partial charge is 0.255 e. The molecule has 108 valence electrons. The molecule has 1 aliphatic rings. The van der Waals surface area contributed by atoms with Crippen LogP contribution in [0.15, 0.2) is 41.2 Å². The molecule has 1 aromatic carbocycles. The summed E-state index contributed by atoms with van der Waals surface area (Å²) in [7, 11) is 0. The number of pyridine rings is 2. The molecule has 0 atom stereocenters. The van der Waals surface area contributed by atoms with Crippen LogP contribution in [0.3, 0.4) is 0 Å². The third kappa shape index (κ3) is 1.67. The number of fused-ring (bicyclic) bond motifs is 4. The lowest BCUT2D eigenvalue weighted by Gasteiger charge is -2.08. The molecule has 0 bridgehead atoms. The molecule has 4 nitrogen and oxygen atoms in total. The van der Waals surface area contributed by atoms with Crippen molar-refractivity contribution in [2.24, 2.45) is 0 Å². The van der Waals surface area contributed by atoms with Crippen LogP contribution in [0.4, 0.5) is 0 Å². The van der Waals surface area contributed by atoms with Gasteiger partial charge in [-0.25, -0.2) is 4.98 Å². The van der Waals surface area contributed by atoms with E-state index in [0.717, 1.165) is 27.9 Å². The number of carbonyl (C=O) groups excluding carboxylic acids is 1. The molecule has 0 radical (unpaired) electrons. The van der Waals surface area contributed by atoms with E-state index in [2.05, 4.69) is 6.07 Å². The van der Waals surface area contributed by atoms with Crippen LogP contribution in [-0.2, 0) is 6.54 Å². The Hall–Kier alpha value is -2.75. The lowest BCUT2D eigenvalue weighted by molar-refractivity contribution is 0.101. The lowest BCUT2D eigenvalue weighted by Crippen LogP contribution is -2.23. The van der Waals surface area contributed by atoms with E-state index in [-0.39, 0.29) is 11.3 Å². The van der Waals surface area contributed by atoms with Crippen molar-refractivity contribution in [2.45, 2.75) is 20.4 Å². The summed E-state index contributed by atoms with van der Waals surface area (Å²) in [4.78, 5) is 29.0. The maximum atomic E-state index is 12.5. The number of Topliss-reactive ketones (excluding diaryl/α,β-unsaturated/α-hetero) is 1. The van der Waals surface area contributed by atoms with E-state index in [1.807, 2.05) is 24.3 Å². The first kappa shape index (κ1) is 13.0. The molecular formula is C18H14N2O2. The van der Waals surface area contributed by atoms with Gasteiger partial charge >= 0.3 is 0 Å². The van der Waals surface area contributed by atoms with Gasteiger partial charge in [0.2, 0.25) is 0 Å². The van der Waals surface area contributed by atoms with Crippen LogP contribution < -0.4 is 5.56 Å². The molecular weight excluding hydrogens is 276 g/mol. The van der Waals surface area contributed by atoms with E-state index < -0.39 is 0 Å². The molecule has 0 unspecified atom stereocenters. The third-order valence-corrected chi connectivity index (χ3v) is 4.30. The minimum absolute atomic E-state index is 0.0905. The van der Waals surface area contributed by atoms with Gasteiger partial charge in [-0.05, 0) is 32.0 Å². The van der Waals surface area contributed by atoms with Gasteiger partial charge in [0.1, 0.15) is 0 Å². The minimum Gasteiger partial charge on any atom is -0.302 e. The standard InChI is InChI=1S/C18H14N2O2/c1-10-14(11(2)21)8-16-17-13(9-20(16)18(10)22)7-12-5-3-4-6-15(12)19-17/h3-8H,9H2,1-2H3. The summed E-state index contributed by atoms with van der Waals surface area (Å²) in [6.45, 7) is 3.71. The van der Waals surface area contributed by atoms with E-state index in [1.54, 1.807) is 17.6 Å². The van der Waals surface area contributed by atoms with Crippen LogP contribution in [0.5, 0.6) is 0 Å². The molecule has 3 heterocycles. The Balaban J connectivity index is 2.06. The third-order valence-electron chi connectivity index (χ3n) is 4.30. The number of para-hydroxylation sites is 1. The molecule has 0 saturated heterocycles. The highest BCUT2D eigenvalue weighted by Gasteiger charge is 2.24. The summed E-state index contributed by atoms with van der Waals surface area (Å²) in [5.41, 5.74) is 4.35.